The number of halogens is 4. The lowest BCUT2D eigenvalue weighted by Gasteiger charge is -2.29. The van der Waals surface area contributed by atoms with E-state index in [0.29, 0.717) is 30.0 Å². The largest absolute Gasteiger partial charge is 0.573 e. The molecular formula is C20H19ClF3N3O2. The molecule has 1 aliphatic heterocycles. The summed E-state index contributed by atoms with van der Waals surface area (Å²) in [5.41, 5.74) is 1.36. The predicted octanol–water partition coefficient (Wildman–Crippen LogP) is 4.97. The van der Waals surface area contributed by atoms with Crippen LogP contribution in [-0.2, 0) is 4.79 Å². The van der Waals surface area contributed by atoms with Gasteiger partial charge in [-0.05, 0) is 49.1 Å². The highest BCUT2D eigenvalue weighted by atomic mass is 35.5. The minimum Gasteiger partial charge on any atom is -0.406 e. The normalized spacial score (nSPS) is 22.7. The van der Waals surface area contributed by atoms with E-state index in [0.717, 1.165) is 24.3 Å². The summed E-state index contributed by atoms with van der Waals surface area (Å²) >= 11 is 6.03. The van der Waals surface area contributed by atoms with E-state index in [9.17, 15) is 18.0 Å². The van der Waals surface area contributed by atoms with Crippen molar-refractivity contribution in [2.45, 2.75) is 44.0 Å². The molecule has 0 spiro atoms. The van der Waals surface area contributed by atoms with E-state index in [1.54, 1.807) is 6.20 Å². The molecule has 9 heteroatoms. The second-order valence-corrected chi connectivity index (χ2v) is 7.77. The van der Waals surface area contributed by atoms with Crippen LogP contribution in [0.2, 0.25) is 0 Å². The molecule has 1 aliphatic carbocycles. The number of aromatic nitrogens is 2. The Hall–Kier alpha value is -2.48. The summed E-state index contributed by atoms with van der Waals surface area (Å²) in [7, 11) is 0. The summed E-state index contributed by atoms with van der Waals surface area (Å²) in [4.78, 5) is 22.0. The first-order valence-electron chi connectivity index (χ1n) is 9.33. The maximum absolute atomic E-state index is 12.5. The Morgan fingerprint density at radius 1 is 1.24 bits per heavy atom. The van der Waals surface area contributed by atoms with Crippen LogP contribution in [0.25, 0.3) is 11.3 Å². The molecule has 154 valence electrons. The number of carbonyl (C=O) groups excluding carboxylic acids is 1. The number of likely N-dealkylation sites (tertiary alicyclic amines) is 1. The fraction of sp³-hybridized carbons (Fsp3) is 0.400. The highest BCUT2D eigenvalue weighted by molar-refractivity contribution is 6.29. The quantitative estimate of drug-likeness (QED) is 0.752. The van der Waals surface area contributed by atoms with Crippen LogP contribution < -0.4 is 4.74 Å². The second-order valence-electron chi connectivity index (χ2n) is 7.28. The first-order valence-corrected chi connectivity index (χ1v) is 9.71. The number of hydrogen-bond acceptors (Lipinski definition) is 3. The van der Waals surface area contributed by atoms with Gasteiger partial charge in [-0.2, -0.15) is 0 Å². The number of rotatable bonds is 4. The first kappa shape index (κ1) is 19.8. The van der Waals surface area contributed by atoms with Gasteiger partial charge in [-0.25, -0.2) is 4.98 Å². The number of imidazole rings is 1. The summed E-state index contributed by atoms with van der Waals surface area (Å²) in [6, 6.07) is 5.74. The van der Waals surface area contributed by atoms with Gasteiger partial charge in [-0.1, -0.05) is 17.7 Å². The molecule has 2 aromatic rings. The van der Waals surface area contributed by atoms with Gasteiger partial charge in [-0.15, -0.1) is 13.2 Å². The number of alkyl halides is 3. The molecule has 2 aliphatic rings. The topological polar surface area (TPSA) is 58.2 Å². The molecule has 1 aromatic carbocycles. The smallest absolute Gasteiger partial charge is 0.406 e. The third-order valence-electron chi connectivity index (χ3n) is 5.31. The molecule has 1 N–H and O–H groups in total. The Labute approximate surface area is 170 Å². The summed E-state index contributed by atoms with van der Waals surface area (Å²) in [5.74, 6) is 0.499. The van der Waals surface area contributed by atoms with E-state index >= 15 is 0 Å². The van der Waals surface area contributed by atoms with Gasteiger partial charge in [-0.3, -0.25) is 4.79 Å². The second kappa shape index (κ2) is 7.74. The maximum Gasteiger partial charge on any atom is 0.573 e. The third kappa shape index (κ3) is 4.58. The predicted molar refractivity (Wildman–Crippen MR) is 101 cm³/mol. The lowest BCUT2D eigenvalue weighted by molar-refractivity contribution is -0.274. The molecule has 2 unspecified atom stereocenters. The van der Waals surface area contributed by atoms with Crippen molar-refractivity contribution in [2.75, 3.05) is 6.54 Å². The van der Waals surface area contributed by atoms with Gasteiger partial charge in [0.1, 0.15) is 11.6 Å². The summed E-state index contributed by atoms with van der Waals surface area (Å²) in [6.45, 7) is 0.597. The van der Waals surface area contributed by atoms with Crippen molar-refractivity contribution in [3.8, 4) is 17.0 Å². The monoisotopic (exact) mass is 425 g/mol. The molecule has 4 rings (SSSR count). The minimum absolute atomic E-state index is 0.0366. The minimum atomic E-state index is -4.72. The van der Waals surface area contributed by atoms with E-state index in [1.807, 2.05) is 11.0 Å². The van der Waals surface area contributed by atoms with Crippen molar-refractivity contribution >= 4 is 17.5 Å². The van der Waals surface area contributed by atoms with Gasteiger partial charge >= 0.3 is 6.36 Å². The number of aromatic amines is 1. The molecule has 29 heavy (non-hydrogen) atoms. The average Bonchev–Trinajstić information content (AvgIpc) is 3.29. The fourth-order valence-electron chi connectivity index (χ4n) is 3.87. The van der Waals surface area contributed by atoms with Crippen molar-refractivity contribution in [3.63, 3.8) is 0 Å². The van der Waals surface area contributed by atoms with Crippen LogP contribution in [0.1, 0.15) is 37.4 Å². The van der Waals surface area contributed by atoms with Crippen molar-refractivity contribution in [3.05, 3.63) is 47.4 Å². The van der Waals surface area contributed by atoms with E-state index in [2.05, 4.69) is 14.7 Å². The van der Waals surface area contributed by atoms with Gasteiger partial charge in [0.05, 0.1) is 11.9 Å². The lowest BCUT2D eigenvalue weighted by atomic mass is 10.0. The molecule has 2 heterocycles. The number of ether oxygens (including phenoxy) is 1. The van der Waals surface area contributed by atoms with Crippen molar-refractivity contribution in [1.29, 1.82) is 0 Å². The Morgan fingerprint density at radius 3 is 2.66 bits per heavy atom. The molecule has 1 fully saturated rings. The van der Waals surface area contributed by atoms with Gasteiger partial charge in [0.2, 0.25) is 5.91 Å². The molecule has 2 atom stereocenters. The molecule has 0 bridgehead atoms. The number of benzene rings is 1. The average molecular weight is 426 g/mol. The summed E-state index contributed by atoms with van der Waals surface area (Å²) in [6.07, 6.45) is 1.71. The molecular weight excluding hydrogens is 407 g/mol. The number of carbonyl (C=O) groups is 1. The van der Waals surface area contributed by atoms with E-state index < -0.39 is 6.36 Å². The van der Waals surface area contributed by atoms with Gasteiger partial charge in [0.15, 0.2) is 0 Å². The zero-order valence-electron chi connectivity index (χ0n) is 15.4. The third-order valence-corrected chi connectivity index (χ3v) is 5.65. The zero-order valence-corrected chi connectivity index (χ0v) is 16.1. The van der Waals surface area contributed by atoms with Crippen LogP contribution >= 0.6 is 11.6 Å². The highest BCUT2D eigenvalue weighted by Crippen LogP contribution is 2.34. The van der Waals surface area contributed by atoms with Crippen molar-refractivity contribution < 1.29 is 22.7 Å². The maximum atomic E-state index is 12.5. The standard InChI is InChI=1S/C20H19ClF3N3O2/c21-14-3-5-15(6-4-14)27-11-13(9-18(27)28)19-25-10-17(26-19)12-1-7-16(8-2-12)29-20(22,23)24/h1-3,7-8,10,13,15H,4-6,9,11H2,(H,25,26). The molecule has 1 aromatic heterocycles. The number of hydrogen-bond donors (Lipinski definition) is 1. The van der Waals surface area contributed by atoms with Crippen LogP contribution in [0.15, 0.2) is 41.6 Å². The van der Waals surface area contributed by atoms with E-state index in [1.165, 1.54) is 24.3 Å². The Morgan fingerprint density at radius 2 is 2.00 bits per heavy atom. The van der Waals surface area contributed by atoms with Crippen LogP contribution in [0.4, 0.5) is 13.2 Å². The van der Waals surface area contributed by atoms with Crippen LogP contribution in [0.3, 0.4) is 0 Å². The summed E-state index contributed by atoms with van der Waals surface area (Å²) < 4.78 is 40.7. The van der Waals surface area contributed by atoms with Crippen LogP contribution in [0, 0.1) is 0 Å². The molecule has 1 amide bonds. The molecule has 1 saturated heterocycles. The number of nitrogens with one attached hydrogen (secondary N) is 1. The Kier molecular flexibility index (Phi) is 5.29. The Balaban J connectivity index is 1.43. The SMILES string of the molecule is O=C1CC(c2ncc(-c3ccc(OC(F)(F)F)cc3)[nH]2)CN1C1CC=C(Cl)CC1. The van der Waals surface area contributed by atoms with Gasteiger partial charge in [0, 0.05) is 30.0 Å². The van der Waals surface area contributed by atoms with Crippen molar-refractivity contribution in [1.82, 2.24) is 14.9 Å². The number of allylic oxidation sites excluding steroid dienone is 1. The van der Waals surface area contributed by atoms with Crippen LogP contribution in [-0.4, -0.2) is 39.7 Å². The fourth-order valence-corrected chi connectivity index (χ4v) is 4.06. The molecule has 5 nitrogen and oxygen atoms in total. The molecule has 0 radical (unpaired) electrons. The zero-order chi connectivity index (χ0) is 20.6. The van der Waals surface area contributed by atoms with Gasteiger partial charge < -0.3 is 14.6 Å². The number of amides is 1. The Bertz CT molecular complexity index is 924. The first-order chi connectivity index (χ1) is 13.8. The van der Waals surface area contributed by atoms with E-state index in [-0.39, 0.29) is 23.6 Å². The van der Waals surface area contributed by atoms with Gasteiger partial charge in [0.25, 0.3) is 0 Å². The lowest BCUT2D eigenvalue weighted by Crippen LogP contribution is -2.37. The highest BCUT2D eigenvalue weighted by Gasteiger charge is 2.36. The molecule has 0 saturated carbocycles. The summed E-state index contributed by atoms with van der Waals surface area (Å²) in [5, 5.41) is 0.853. The van der Waals surface area contributed by atoms with E-state index in [4.69, 9.17) is 11.6 Å². The number of H-pyrrole nitrogens is 1. The van der Waals surface area contributed by atoms with Crippen molar-refractivity contribution in [2.24, 2.45) is 0 Å². The van der Waals surface area contributed by atoms with Crippen LogP contribution in [0.5, 0.6) is 5.75 Å². The number of nitrogens with zero attached hydrogens (tertiary/aromatic N) is 2.